The summed E-state index contributed by atoms with van der Waals surface area (Å²) in [6.07, 6.45) is -1.31. The number of amides is 2. The number of hydrogen-bond donors (Lipinski definition) is 2. The topological polar surface area (TPSA) is 160 Å². The number of carbonyl (C=O) groups is 3. The monoisotopic (exact) mass is 495 g/mol. The van der Waals surface area contributed by atoms with E-state index in [4.69, 9.17) is 10.5 Å². The SMILES string of the molecule is COC(=O)CS[As](SCC(=O)OC(C)O[N+](=O)[O-])c1ccc(NC(N)=O)cc1. The fraction of sp³-hybridized carbons (Fsp3) is 0.357. The van der Waals surface area contributed by atoms with Gasteiger partial charge in [-0.05, 0) is 0 Å². The molecule has 1 aromatic rings. The van der Waals surface area contributed by atoms with Gasteiger partial charge in [-0.15, -0.1) is 0 Å². The van der Waals surface area contributed by atoms with E-state index < -0.39 is 41.7 Å². The molecule has 2 unspecified atom stereocenters. The van der Waals surface area contributed by atoms with Gasteiger partial charge in [0.1, 0.15) is 0 Å². The fourth-order valence-electron chi connectivity index (χ4n) is 1.64. The van der Waals surface area contributed by atoms with E-state index in [2.05, 4.69) is 14.9 Å². The number of anilines is 1. The summed E-state index contributed by atoms with van der Waals surface area (Å²) in [6.45, 7) is 1.23. The molecule has 0 saturated carbocycles. The van der Waals surface area contributed by atoms with Crippen LogP contribution < -0.4 is 15.4 Å². The molecule has 0 radical (unpaired) electrons. The second-order valence-corrected chi connectivity index (χ2v) is 16.3. The summed E-state index contributed by atoms with van der Waals surface area (Å²) in [4.78, 5) is 48.5. The van der Waals surface area contributed by atoms with Crippen molar-refractivity contribution in [3.05, 3.63) is 34.4 Å². The van der Waals surface area contributed by atoms with Crippen molar-refractivity contribution >= 4 is 60.4 Å². The van der Waals surface area contributed by atoms with Crippen LogP contribution in [0.15, 0.2) is 24.3 Å². The van der Waals surface area contributed by atoms with Crippen molar-refractivity contribution in [3.8, 4) is 0 Å². The molecule has 0 bridgehead atoms. The van der Waals surface area contributed by atoms with Crippen molar-refractivity contribution < 1.29 is 33.8 Å². The van der Waals surface area contributed by atoms with Crippen LogP contribution in [0.1, 0.15) is 6.92 Å². The second-order valence-electron chi connectivity index (χ2n) is 4.80. The van der Waals surface area contributed by atoms with Crippen LogP contribution in [0.25, 0.3) is 0 Å². The molecule has 2 amide bonds. The maximum atomic E-state index is 11.9. The number of hydrogen-bond acceptors (Lipinski definition) is 10. The Morgan fingerprint density at radius 2 is 1.79 bits per heavy atom. The fourth-order valence-corrected chi connectivity index (χ4v) is 12.7. The molecule has 0 aliphatic rings. The number of methoxy groups -OCH3 is 1. The van der Waals surface area contributed by atoms with Gasteiger partial charge in [-0.3, -0.25) is 0 Å². The van der Waals surface area contributed by atoms with Gasteiger partial charge in [0.2, 0.25) is 0 Å². The minimum absolute atomic E-state index is 0.0686. The van der Waals surface area contributed by atoms with Gasteiger partial charge in [0.25, 0.3) is 0 Å². The van der Waals surface area contributed by atoms with Crippen molar-refractivity contribution in [2.45, 2.75) is 13.2 Å². The van der Waals surface area contributed by atoms with Gasteiger partial charge in [0.05, 0.1) is 0 Å². The quantitative estimate of drug-likeness (QED) is 0.146. The summed E-state index contributed by atoms with van der Waals surface area (Å²) in [6, 6.07) is 6.17. The molecule has 0 heterocycles. The van der Waals surface area contributed by atoms with Crippen molar-refractivity contribution in [3.63, 3.8) is 0 Å². The Bertz CT molecular complexity index is 706. The third-order valence-corrected chi connectivity index (χ3v) is 15.5. The van der Waals surface area contributed by atoms with Crippen molar-refractivity contribution in [2.24, 2.45) is 5.73 Å². The van der Waals surface area contributed by atoms with Gasteiger partial charge in [0.15, 0.2) is 0 Å². The summed E-state index contributed by atoms with van der Waals surface area (Å²) < 4.78 is 10.3. The predicted molar refractivity (Wildman–Crippen MR) is 106 cm³/mol. The Morgan fingerprint density at radius 3 is 2.29 bits per heavy atom. The maximum absolute atomic E-state index is 11.9. The zero-order valence-electron chi connectivity index (χ0n) is 14.9. The molecule has 0 saturated heterocycles. The first kappa shape index (κ1) is 23.9. The molecule has 14 heteroatoms. The number of ether oxygens (including phenoxy) is 2. The number of urea groups is 1. The third-order valence-electron chi connectivity index (χ3n) is 2.70. The van der Waals surface area contributed by atoms with Crippen LogP contribution in [0, 0.1) is 10.1 Å². The number of esters is 2. The standard InChI is InChI=1S/C14H18AsN3O8S2/c1-9(26-18(22)23)25-13(20)8-28-15(27-7-12(19)24-2)10-3-5-11(6-4-10)17-14(16)21/h3-6,9H,7-8H2,1-2H3,(H3,16,17,21). The molecule has 0 aliphatic heterocycles. The molecule has 154 valence electrons. The van der Waals surface area contributed by atoms with Crippen LogP contribution >= 0.6 is 20.0 Å². The molecule has 3 N–H and O–H groups in total. The Morgan fingerprint density at radius 1 is 1.21 bits per heavy atom. The molecular formula is C14H18AsN3O8S2. The first-order valence-electron chi connectivity index (χ1n) is 7.51. The Kier molecular flexibility index (Phi) is 10.6. The van der Waals surface area contributed by atoms with E-state index in [0.717, 1.165) is 4.35 Å². The van der Waals surface area contributed by atoms with E-state index in [1.54, 1.807) is 24.3 Å². The van der Waals surface area contributed by atoms with Crippen LogP contribution in [0.4, 0.5) is 10.5 Å². The summed E-state index contributed by atoms with van der Waals surface area (Å²) in [5.41, 5.74) is 5.58. The molecule has 0 aromatic heterocycles. The number of benzene rings is 1. The van der Waals surface area contributed by atoms with Crippen LogP contribution in [0.3, 0.4) is 0 Å². The number of carbonyl (C=O) groups excluding carboxylic acids is 3. The van der Waals surface area contributed by atoms with Crippen molar-refractivity contribution in [1.29, 1.82) is 0 Å². The number of nitrogens with zero attached hydrogens (tertiary/aromatic N) is 1. The number of nitrogens with two attached hydrogens (primary N) is 1. The summed E-state index contributed by atoms with van der Waals surface area (Å²) in [7, 11) is 3.96. The van der Waals surface area contributed by atoms with E-state index in [9.17, 15) is 24.5 Å². The molecule has 1 rings (SSSR count). The average molecular weight is 495 g/mol. The van der Waals surface area contributed by atoms with Gasteiger partial charge >= 0.3 is 171 Å². The minimum atomic E-state index is -2.01. The number of nitrogens with one attached hydrogen (secondary N) is 1. The first-order chi connectivity index (χ1) is 13.2. The molecule has 0 spiro atoms. The van der Waals surface area contributed by atoms with Crippen LogP contribution in [-0.2, 0) is 23.9 Å². The Labute approximate surface area is 171 Å². The van der Waals surface area contributed by atoms with E-state index in [1.807, 2.05) is 0 Å². The predicted octanol–water partition coefficient (Wildman–Crippen LogP) is 0.609. The van der Waals surface area contributed by atoms with Crippen LogP contribution in [-0.4, -0.2) is 60.3 Å². The van der Waals surface area contributed by atoms with E-state index in [1.165, 1.54) is 34.1 Å². The Hall–Kier alpha value is -2.11. The van der Waals surface area contributed by atoms with E-state index in [-0.39, 0.29) is 11.5 Å². The zero-order valence-corrected chi connectivity index (χ0v) is 18.4. The van der Waals surface area contributed by atoms with E-state index in [0.29, 0.717) is 5.69 Å². The van der Waals surface area contributed by atoms with Gasteiger partial charge in [0, 0.05) is 0 Å². The Balaban J connectivity index is 2.73. The summed E-state index contributed by atoms with van der Waals surface area (Å²) >= 11 is -2.01. The van der Waals surface area contributed by atoms with Gasteiger partial charge in [-0.25, -0.2) is 0 Å². The molecule has 0 fully saturated rings. The molecular weight excluding hydrogens is 477 g/mol. The molecule has 28 heavy (non-hydrogen) atoms. The number of primary amides is 1. The van der Waals surface area contributed by atoms with Crippen LogP contribution in [0.5, 0.6) is 0 Å². The normalized spacial score (nSPS) is 12.4. The summed E-state index contributed by atoms with van der Waals surface area (Å²) in [5, 5.41) is 11.6. The summed E-state index contributed by atoms with van der Waals surface area (Å²) in [5.74, 6) is -1.03. The van der Waals surface area contributed by atoms with Crippen molar-refractivity contribution in [1.82, 2.24) is 0 Å². The first-order valence-corrected chi connectivity index (χ1v) is 14.9. The molecule has 2 atom stereocenters. The molecule has 1 aromatic carbocycles. The van der Waals surface area contributed by atoms with Crippen molar-refractivity contribution in [2.75, 3.05) is 23.9 Å². The molecule has 0 aliphatic carbocycles. The third kappa shape index (κ3) is 9.72. The van der Waals surface area contributed by atoms with Gasteiger partial charge < -0.3 is 0 Å². The van der Waals surface area contributed by atoms with E-state index >= 15 is 0 Å². The average Bonchev–Trinajstić information content (AvgIpc) is 2.61. The zero-order chi connectivity index (χ0) is 21.1. The van der Waals surface area contributed by atoms with Gasteiger partial charge in [-0.1, -0.05) is 0 Å². The van der Waals surface area contributed by atoms with Crippen LogP contribution in [0.2, 0.25) is 0 Å². The molecule has 11 nitrogen and oxygen atoms in total. The van der Waals surface area contributed by atoms with Gasteiger partial charge in [-0.2, -0.15) is 0 Å². The second kappa shape index (κ2) is 12.4. The number of rotatable bonds is 11.